The Morgan fingerprint density at radius 1 is 1.38 bits per heavy atom. The van der Waals surface area contributed by atoms with Crippen LogP contribution in [0, 0.1) is 5.41 Å². The Kier molecular flexibility index (Phi) is 5.21. The fraction of sp³-hybridized carbons (Fsp3) is 0.444. The predicted octanol–water partition coefficient (Wildman–Crippen LogP) is 2.77. The summed E-state index contributed by atoms with van der Waals surface area (Å²) in [7, 11) is 0. The van der Waals surface area contributed by atoms with Crippen LogP contribution in [0.2, 0.25) is 5.02 Å². The van der Waals surface area contributed by atoms with Crippen LogP contribution in [-0.2, 0) is 4.79 Å². The van der Waals surface area contributed by atoms with Crippen LogP contribution in [-0.4, -0.2) is 37.1 Å². The zero-order valence-electron chi connectivity index (χ0n) is 13.8. The molecule has 0 saturated carbocycles. The molecule has 0 atom stereocenters. The van der Waals surface area contributed by atoms with Gasteiger partial charge >= 0.3 is 0 Å². The smallest absolute Gasteiger partial charge is 0.257 e. The number of amides is 1. The van der Waals surface area contributed by atoms with Gasteiger partial charge in [0.2, 0.25) is 0 Å². The number of piperidine rings is 1. The molecule has 128 valence electrons. The molecule has 1 aliphatic rings. The van der Waals surface area contributed by atoms with Gasteiger partial charge in [0, 0.05) is 18.1 Å². The maximum absolute atomic E-state index is 12.1. The number of hydrogen-bond acceptors (Lipinski definition) is 4. The van der Waals surface area contributed by atoms with Gasteiger partial charge in [-0.1, -0.05) is 18.5 Å². The van der Waals surface area contributed by atoms with Gasteiger partial charge in [0.15, 0.2) is 6.61 Å². The minimum atomic E-state index is -0.117. The van der Waals surface area contributed by atoms with Gasteiger partial charge in [0.05, 0.1) is 5.02 Å². The third-order valence-corrected chi connectivity index (χ3v) is 4.89. The van der Waals surface area contributed by atoms with Crippen molar-refractivity contribution >= 4 is 28.4 Å². The molecular weight excluding hydrogens is 326 g/mol. The summed E-state index contributed by atoms with van der Waals surface area (Å²) >= 11 is 6.16. The maximum atomic E-state index is 12.1. The minimum Gasteiger partial charge on any atom is -0.481 e. The van der Waals surface area contributed by atoms with E-state index in [0.29, 0.717) is 22.8 Å². The number of fused-ring (bicyclic) bond motifs is 1. The van der Waals surface area contributed by atoms with E-state index in [1.807, 2.05) is 12.1 Å². The molecule has 2 heterocycles. The first-order chi connectivity index (χ1) is 11.6. The highest BCUT2D eigenvalue weighted by molar-refractivity contribution is 6.35. The second-order valence-corrected chi connectivity index (χ2v) is 6.98. The lowest BCUT2D eigenvalue weighted by Gasteiger charge is -2.34. The van der Waals surface area contributed by atoms with Gasteiger partial charge in [-0.2, -0.15) is 0 Å². The monoisotopic (exact) mass is 347 g/mol. The lowest BCUT2D eigenvalue weighted by molar-refractivity contribution is -0.123. The predicted molar refractivity (Wildman–Crippen MR) is 95.5 cm³/mol. The molecule has 1 fully saturated rings. The highest BCUT2D eigenvalue weighted by Crippen LogP contribution is 2.29. The van der Waals surface area contributed by atoms with Gasteiger partial charge in [-0.25, -0.2) is 0 Å². The number of nitrogens with zero attached hydrogens (tertiary/aromatic N) is 1. The number of ether oxygens (including phenoxy) is 1. The Morgan fingerprint density at radius 3 is 2.96 bits per heavy atom. The molecule has 0 radical (unpaired) electrons. The maximum Gasteiger partial charge on any atom is 0.257 e. The molecule has 0 bridgehead atoms. The van der Waals surface area contributed by atoms with E-state index >= 15 is 0 Å². The quantitative estimate of drug-likeness (QED) is 0.873. The van der Waals surface area contributed by atoms with Crippen molar-refractivity contribution in [1.29, 1.82) is 0 Å². The van der Waals surface area contributed by atoms with E-state index in [9.17, 15) is 4.79 Å². The third-order valence-electron chi connectivity index (χ3n) is 4.56. The molecule has 0 spiro atoms. The first-order valence-corrected chi connectivity index (χ1v) is 8.59. The number of aromatic nitrogens is 1. The van der Waals surface area contributed by atoms with Gasteiger partial charge in [0.25, 0.3) is 5.91 Å². The Hall–Kier alpha value is -1.85. The van der Waals surface area contributed by atoms with Crippen molar-refractivity contribution in [3.63, 3.8) is 0 Å². The summed E-state index contributed by atoms with van der Waals surface area (Å²) in [6.07, 6.45) is 3.82. The summed E-state index contributed by atoms with van der Waals surface area (Å²) < 4.78 is 5.66. The standard InChI is InChI=1S/C18H22ClN3O2/c1-18(6-9-20-10-7-18)12-22-16(23)11-24-15-5-4-14(19)13-3-2-8-21-17(13)15/h2-5,8,20H,6-7,9-12H2,1H3,(H,22,23). The van der Waals surface area contributed by atoms with Gasteiger partial charge in [-0.15, -0.1) is 0 Å². The number of rotatable bonds is 5. The molecule has 1 saturated heterocycles. The average molecular weight is 348 g/mol. The fourth-order valence-corrected chi connectivity index (χ4v) is 3.16. The van der Waals surface area contributed by atoms with Crippen LogP contribution in [0.5, 0.6) is 5.75 Å². The van der Waals surface area contributed by atoms with Crippen LogP contribution in [0.15, 0.2) is 30.5 Å². The molecule has 1 amide bonds. The van der Waals surface area contributed by atoms with E-state index in [0.717, 1.165) is 31.3 Å². The van der Waals surface area contributed by atoms with Crippen molar-refractivity contribution in [1.82, 2.24) is 15.6 Å². The summed E-state index contributed by atoms with van der Waals surface area (Å²) in [5.74, 6) is 0.451. The molecule has 0 aliphatic carbocycles. The highest BCUT2D eigenvalue weighted by Gasteiger charge is 2.27. The molecule has 24 heavy (non-hydrogen) atoms. The molecule has 2 N–H and O–H groups in total. The topological polar surface area (TPSA) is 63.2 Å². The van der Waals surface area contributed by atoms with Crippen LogP contribution in [0.1, 0.15) is 19.8 Å². The molecule has 5 nitrogen and oxygen atoms in total. The van der Waals surface area contributed by atoms with Crippen LogP contribution in [0.3, 0.4) is 0 Å². The van der Waals surface area contributed by atoms with Crippen molar-refractivity contribution in [3.8, 4) is 5.75 Å². The highest BCUT2D eigenvalue weighted by atomic mass is 35.5. The Morgan fingerprint density at radius 2 is 2.17 bits per heavy atom. The zero-order valence-corrected chi connectivity index (χ0v) is 14.5. The number of pyridine rings is 1. The first kappa shape index (κ1) is 17.0. The second kappa shape index (κ2) is 7.36. The second-order valence-electron chi connectivity index (χ2n) is 6.57. The summed E-state index contributed by atoms with van der Waals surface area (Å²) in [5, 5.41) is 7.76. The molecule has 1 aliphatic heterocycles. The van der Waals surface area contributed by atoms with Gasteiger partial charge in [0.1, 0.15) is 11.3 Å². The molecule has 2 aromatic rings. The van der Waals surface area contributed by atoms with Crippen LogP contribution in [0.25, 0.3) is 10.9 Å². The number of carbonyl (C=O) groups excluding carboxylic acids is 1. The van der Waals surface area contributed by atoms with E-state index in [2.05, 4.69) is 22.5 Å². The van der Waals surface area contributed by atoms with Crippen LogP contribution < -0.4 is 15.4 Å². The van der Waals surface area contributed by atoms with Gasteiger partial charge < -0.3 is 15.4 Å². The molecule has 0 unspecified atom stereocenters. The zero-order chi connectivity index (χ0) is 17.0. The van der Waals surface area contributed by atoms with Crippen LogP contribution >= 0.6 is 11.6 Å². The molecule has 3 rings (SSSR count). The van der Waals surface area contributed by atoms with Crippen molar-refractivity contribution in [2.24, 2.45) is 5.41 Å². The number of carbonyl (C=O) groups is 1. The average Bonchev–Trinajstić information content (AvgIpc) is 2.60. The van der Waals surface area contributed by atoms with Crippen LogP contribution in [0.4, 0.5) is 0 Å². The summed E-state index contributed by atoms with van der Waals surface area (Å²) in [4.78, 5) is 16.4. The van der Waals surface area contributed by atoms with E-state index in [1.165, 1.54) is 0 Å². The van der Waals surface area contributed by atoms with Gasteiger partial charge in [-0.3, -0.25) is 9.78 Å². The summed E-state index contributed by atoms with van der Waals surface area (Å²) in [6.45, 7) is 4.88. The fourth-order valence-electron chi connectivity index (χ4n) is 2.94. The lowest BCUT2D eigenvalue weighted by Crippen LogP contribution is -2.43. The number of hydrogen-bond donors (Lipinski definition) is 2. The van der Waals surface area contributed by atoms with Crippen molar-refractivity contribution in [2.45, 2.75) is 19.8 Å². The summed E-state index contributed by atoms with van der Waals surface area (Å²) in [6, 6.07) is 7.22. The lowest BCUT2D eigenvalue weighted by atomic mass is 9.81. The SMILES string of the molecule is CC1(CNC(=O)COc2ccc(Cl)c3cccnc23)CCNCC1. The van der Waals surface area contributed by atoms with Crippen molar-refractivity contribution in [3.05, 3.63) is 35.5 Å². The largest absolute Gasteiger partial charge is 0.481 e. The normalized spacial score (nSPS) is 16.8. The first-order valence-electron chi connectivity index (χ1n) is 8.21. The van der Waals surface area contributed by atoms with E-state index < -0.39 is 0 Å². The third kappa shape index (κ3) is 3.97. The Balaban J connectivity index is 1.58. The number of nitrogens with one attached hydrogen (secondary N) is 2. The van der Waals surface area contributed by atoms with E-state index in [-0.39, 0.29) is 17.9 Å². The Labute approximate surface area is 146 Å². The van der Waals surface area contributed by atoms with Crippen molar-refractivity contribution < 1.29 is 9.53 Å². The minimum absolute atomic E-state index is 0.0262. The molecule has 1 aromatic heterocycles. The van der Waals surface area contributed by atoms with E-state index in [1.54, 1.807) is 18.3 Å². The van der Waals surface area contributed by atoms with Crippen molar-refractivity contribution in [2.75, 3.05) is 26.2 Å². The van der Waals surface area contributed by atoms with E-state index in [4.69, 9.17) is 16.3 Å². The molecule has 6 heteroatoms. The number of benzene rings is 1. The Bertz CT molecular complexity index is 729. The molecule has 1 aromatic carbocycles. The number of halogens is 1. The molecular formula is C18H22ClN3O2. The van der Waals surface area contributed by atoms with Gasteiger partial charge in [-0.05, 0) is 55.6 Å². The summed E-state index contributed by atoms with van der Waals surface area (Å²) in [5.41, 5.74) is 0.832.